The Kier molecular flexibility index (Phi) is 7.44. The van der Waals surface area contributed by atoms with Crippen LogP contribution in [0.15, 0.2) is 0 Å². The molecule has 1 saturated heterocycles. The molecule has 0 radical (unpaired) electrons. The van der Waals surface area contributed by atoms with Crippen molar-refractivity contribution in [2.75, 3.05) is 25.9 Å². The molecule has 0 aromatic rings. The molecule has 96 valence electrons. The summed E-state index contributed by atoms with van der Waals surface area (Å²) in [5.41, 5.74) is -0.198. The van der Waals surface area contributed by atoms with Crippen molar-refractivity contribution in [3.8, 4) is 0 Å². The molecule has 0 aromatic carbocycles. The van der Waals surface area contributed by atoms with Crippen molar-refractivity contribution in [1.82, 2.24) is 10.6 Å². The van der Waals surface area contributed by atoms with Crippen LogP contribution in [0.5, 0.6) is 0 Å². The fraction of sp³-hybridized carbons (Fsp3) is 0.909. The van der Waals surface area contributed by atoms with Gasteiger partial charge in [0.25, 0.3) is 0 Å². The van der Waals surface area contributed by atoms with Gasteiger partial charge in [0.1, 0.15) is 0 Å². The molecule has 0 spiro atoms. The molecule has 2 atom stereocenters. The molecule has 5 heteroatoms. The van der Waals surface area contributed by atoms with E-state index in [0.717, 1.165) is 32.5 Å². The molecule has 0 saturated carbocycles. The number of carbonyl (C=O) groups is 1. The first-order chi connectivity index (χ1) is 7.08. The number of hydrogen-bond acceptors (Lipinski definition) is 3. The summed E-state index contributed by atoms with van der Waals surface area (Å²) < 4.78 is 0. The maximum Gasteiger partial charge on any atom is 0.227 e. The van der Waals surface area contributed by atoms with Crippen LogP contribution in [-0.2, 0) is 4.79 Å². The largest absolute Gasteiger partial charge is 0.354 e. The highest BCUT2D eigenvalue weighted by Gasteiger charge is 2.34. The highest BCUT2D eigenvalue weighted by molar-refractivity contribution is 7.99. The third-order valence-corrected chi connectivity index (χ3v) is 4.07. The molecule has 0 bridgehead atoms. The Morgan fingerprint density at radius 3 is 2.81 bits per heavy atom. The fourth-order valence-corrected chi connectivity index (χ4v) is 2.03. The number of halogens is 1. The van der Waals surface area contributed by atoms with Crippen molar-refractivity contribution < 1.29 is 4.79 Å². The molecule has 2 unspecified atom stereocenters. The van der Waals surface area contributed by atoms with E-state index in [1.165, 1.54) is 0 Å². The Bertz CT molecular complexity index is 220. The Morgan fingerprint density at radius 2 is 2.31 bits per heavy atom. The summed E-state index contributed by atoms with van der Waals surface area (Å²) in [6.07, 6.45) is 4.17. The molecule has 1 amide bonds. The molecule has 1 heterocycles. The van der Waals surface area contributed by atoms with Crippen LogP contribution in [0.25, 0.3) is 0 Å². The Hall–Kier alpha value is 0.0700. The van der Waals surface area contributed by atoms with Crippen LogP contribution < -0.4 is 10.6 Å². The number of amides is 1. The topological polar surface area (TPSA) is 41.1 Å². The summed E-state index contributed by atoms with van der Waals surface area (Å²) >= 11 is 1.78. The van der Waals surface area contributed by atoms with Gasteiger partial charge < -0.3 is 10.6 Å². The predicted molar refractivity (Wildman–Crippen MR) is 73.4 cm³/mol. The van der Waals surface area contributed by atoms with Gasteiger partial charge in [-0.1, -0.05) is 6.92 Å². The van der Waals surface area contributed by atoms with E-state index in [1.807, 2.05) is 0 Å². The van der Waals surface area contributed by atoms with Gasteiger partial charge in [-0.25, -0.2) is 0 Å². The first kappa shape index (κ1) is 16.1. The monoisotopic (exact) mass is 266 g/mol. The first-order valence-electron chi connectivity index (χ1n) is 5.60. The Labute approximate surface area is 109 Å². The van der Waals surface area contributed by atoms with Gasteiger partial charge in [-0.05, 0) is 32.6 Å². The first-order valence-corrected chi connectivity index (χ1v) is 6.89. The van der Waals surface area contributed by atoms with Crippen LogP contribution in [0, 0.1) is 5.41 Å². The van der Waals surface area contributed by atoms with E-state index in [-0.39, 0.29) is 23.7 Å². The van der Waals surface area contributed by atoms with Gasteiger partial charge in [-0.2, -0.15) is 11.8 Å². The van der Waals surface area contributed by atoms with Crippen molar-refractivity contribution in [1.29, 1.82) is 0 Å². The quantitative estimate of drug-likeness (QED) is 0.813. The second-order valence-corrected chi connectivity index (χ2v) is 5.87. The lowest BCUT2D eigenvalue weighted by atomic mass is 9.82. The lowest BCUT2D eigenvalue weighted by molar-refractivity contribution is -0.131. The SMILES string of the molecule is CSC(C)CNC(=O)C1(C)CCCNC1.Cl. The van der Waals surface area contributed by atoms with E-state index in [0.29, 0.717) is 5.25 Å². The number of hydrogen-bond donors (Lipinski definition) is 2. The minimum Gasteiger partial charge on any atom is -0.354 e. The minimum absolute atomic E-state index is 0. The molecule has 2 N–H and O–H groups in total. The molecular weight excluding hydrogens is 244 g/mol. The maximum atomic E-state index is 12.0. The third kappa shape index (κ3) is 4.52. The summed E-state index contributed by atoms with van der Waals surface area (Å²) in [5.74, 6) is 0.204. The molecule has 1 aliphatic heterocycles. The van der Waals surface area contributed by atoms with Gasteiger partial charge >= 0.3 is 0 Å². The fourth-order valence-electron chi connectivity index (χ4n) is 1.78. The van der Waals surface area contributed by atoms with E-state index in [4.69, 9.17) is 0 Å². The summed E-state index contributed by atoms with van der Waals surface area (Å²) in [7, 11) is 0. The van der Waals surface area contributed by atoms with E-state index in [1.54, 1.807) is 11.8 Å². The normalized spacial score (nSPS) is 26.7. The molecule has 16 heavy (non-hydrogen) atoms. The van der Waals surface area contributed by atoms with Gasteiger partial charge in [0.2, 0.25) is 5.91 Å². The predicted octanol–water partition coefficient (Wildman–Crippen LogP) is 1.67. The van der Waals surface area contributed by atoms with Gasteiger partial charge in [0.05, 0.1) is 5.41 Å². The molecule has 1 rings (SSSR count). The number of thioether (sulfide) groups is 1. The molecule has 0 aliphatic carbocycles. The van der Waals surface area contributed by atoms with Gasteiger partial charge in [-0.15, -0.1) is 12.4 Å². The summed E-state index contributed by atoms with van der Waals surface area (Å²) in [6, 6.07) is 0. The Balaban J connectivity index is 0.00000225. The van der Waals surface area contributed by atoms with Crippen LogP contribution in [-0.4, -0.2) is 37.0 Å². The lowest BCUT2D eigenvalue weighted by Gasteiger charge is -2.32. The van der Waals surface area contributed by atoms with Crippen molar-refractivity contribution in [3.63, 3.8) is 0 Å². The lowest BCUT2D eigenvalue weighted by Crippen LogP contribution is -2.49. The molecule has 0 aromatic heterocycles. The highest BCUT2D eigenvalue weighted by atomic mass is 35.5. The summed E-state index contributed by atoms with van der Waals surface area (Å²) in [6.45, 7) is 6.82. The smallest absolute Gasteiger partial charge is 0.227 e. The van der Waals surface area contributed by atoms with Crippen molar-refractivity contribution >= 4 is 30.1 Å². The molecular formula is C11H23ClN2OS. The number of nitrogens with one attached hydrogen (secondary N) is 2. The molecule has 1 fully saturated rings. The van der Waals surface area contributed by atoms with E-state index >= 15 is 0 Å². The maximum absolute atomic E-state index is 12.0. The van der Waals surface area contributed by atoms with E-state index < -0.39 is 0 Å². The zero-order valence-electron chi connectivity index (χ0n) is 10.3. The van der Waals surface area contributed by atoms with Gasteiger partial charge in [-0.3, -0.25) is 4.79 Å². The average Bonchev–Trinajstić information content (AvgIpc) is 2.26. The summed E-state index contributed by atoms with van der Waals surface area (Å²) in [4.78, 5) is 12.0. The Morgan fingerprint density at radius 1 is 1.62 bits per heavy atom. The summed E-state index contributed by atoms with van der Waals surface area (Å²) in [5, 5.41) is 6.83. The highest BCUT2D eigenvalue weighted by Crippen LogP contribution is 2.25. The van der Waals surface area contributed by atoms with Crippen LogP contribution in [0.4, 0.5) is 0 Å². The standard InChI is InChI=1S/C11H22N2OS.ClH/c1-9(15-3)7-13-10(14)11(2)5-4-6-12-8-11;/h9,12H,4-8H2,1-3H3,(H,13,14);1H. The third-order valence-electron chi connectivity index (χ3n) is 3.10. The van der Waals surface area contributed by atoms with Crippen LogP contribution in [0.2, 0.25) is 0 Å². The zero-order valence-corrected chi connectivity index (χ0v) is 12.0. The molecule has 1 aliphatic rings. The van der Waals surface area contributed by atoms with Crippen molar-refractivity contribution in [2.24, 2.45) is 5.41 Å². The average molecular weight is 267 g/mol. The minimum atomic E-state index is -0.198. The van der Waals surface area contributed by atoms with Gasteiger partial charge in [0.15, 0.2) is 0 Å². The van der Waals surface area contributed by atoms with Crippen LogP contribution in [0.3, 0.4) is 0 Å². The van der Waals surface area contributed by atoms with Crippen LogP contribution >= 0.6 is 24.2 Å². The number of carbonyl (C=O) groups excluding carboxylic acids is 1. The van der Waals surface area contributed by atoms with Crippen LogP contribution in [0.1, 0.15) is 26.7 Å². The second kappa shape index (κ2) is 7.41. The molecule has 3 nitrogen and oxygen atoms in total. The van der Waals surface area contributed by atoms with E-state index in [9.17, 15) is 4.79 Å². The number of rotatable bonds is 4. The zero-order chi connectivity index (χ0) is 11.3. The number of piperidine rings is 1. The van der Waals surface area contributed by atoms with Gasteiger partial charge in [0, 0.05) is 18.3 Å². The second-order valence-electron chi connectivity index (χ2n) is 4.60. The van der Waals surface area contributed by atoms with E-state index in [2.05, 4.69) is 30.7 Å². The van der Waals surface area contributed by atoms with Crippen molar-refractivity contribution in [3.05, 3.63) is 0 Å². The van der Waals surface area contributed by atoms with Crippen molar-refractivity contribution in [2.45, 2.75) is 31.9 Å².